The molecule has 2 bridgehead atoms. The molecule has 2 saturated heterocycles. The van der Waals surface area contributed by atoms with Crippen LogP contribution in [0.4, 0.5) is 0 Å². The smallest absolute Gasteiger partial charge is 0.273 e. The van der Waals surface area contributed by atoms with Gasteiger partial charge in [-0.25, -0.2) is 15.0 Å². The van der Waals surface area contributed by atoms with E-state index in [-0.39, 0.29) is 18.1 Å². The molecule has 3 aromatic rings. The number of carbonyl (C=O) groups is 1. The van der Waals surface area contributed by atoms with E-state index in [1.807, 2.05) is 30.0 Å². The fraction of sp³-hybridized carbons (Fsp3) is 0.348. The Hall–Kier alpha value is -2.87. The second kappa shape index (κ2) is 8.34. The zero-order chi connectivity index (χ0) is 21.4. The highest BCUT2D eigenvalue weighted by Gasteiger charge is 2.45. The first-order valence-corrected chi connectivity index (χ1v) is 11.2. The van der Waals surface area contributed by atoms with Gasteiger partial charge in [-0.05, 0) is 71.8 Å². The van der Waals surface area contributed by atoms with Gasteiger partial charge in [-0.1, -0.05) is 0 Å². The molecule has 3 fully saturated rings. The first-order valence-electron chi connectivity index (χ1n) is 10.4. The average Bonchev–Trinajstić information content (AvgIpc) is 2.81. The van der Waals surface area contributed by atoms with E-state index < -0.39 is 0 Å². The lowest BCUT2D eigenvalue weighted by Crippen LogP contribution is -2.59. The molecule has 0 unspecified atom stereocenters. The third kappa shape index (κ3) is 4.04. The van der Waals surface area contributed by atoms with E-state index in [2.05, 4.69) is 35.9 Å². The third-order valence-electron chi connectivity index (χ3n) is 5.99. The molecule has 3 atom stereocenters. The fourth-order valence-electron chi connectivity index (χ4n) is 4.56. The van der Waals surface area contributed by atoms with Crippen molar-refractivity contribution < 1.29 is 9.53 Å². The highest BCUT2D eigenvalue weighted by molar-refractivity contribution is 9.10. The molecule has 31 heavy (non-hydrogen) atoms. The highest BCUT2D eigenvalue weighted by Crippen LogP contribution is 2.38. The molecule has 1 aliphatic carbocycles. The Morgan fingerprint density at radius 1 is 1.13 bits per heavy atom. The van der Waals surface area contributed by atoms with Crippen molar-refractivity contribution in [1.29, 1.82) is 0 Å². The number of rotatable bonds is 4. The summed E-state index contributed by atoms with van der Waals surface area (Å²) in [5.41, 5.74) is 2.02. The average molecular weight is 480 g/mol. The predicted molar refractivity (Wildman–Crippen MR) is 119 cm³/mol. The van der Waals surface area contributed by atoms with E-state index in [0.717, 1.165) is 35.8 Å². The van der Waals surface area contributed by atoms with Crippen LogP contribution in [0.25, 0.3) is 11.4 Å². The van der Waals surface area contributed by atoms with Crippen LogP contribution in [-0.4, -0.2) is 49.4 Å². The Bertz CT molecular complexity index is 1090. The van der Waals surface area contributed by atoms with E-state index in [4.69, 9.17) is 4.74 Å². The third-order valence-corrected chi connectivity index (χ3v) is 6.46. The molecule has 0 aromatic carbocycles. The topological polar surface area (TPSA) is 81.1 Å². The number of pyridine rings is 2. The van der Waals surface area contributed by atoms with Crippen molar-refractivity contribution >= 4 is 21.8 Å². The number of carbonyl (C=O) groups excluding carboxylic acids is 1. The Kier molecular flexibility index (Phi) is 5.40. The molecule has 7 nitrogen and oxygen atoms in total. The molecule has 3 aromatic heterocycles. The van der Waals surface area contributed by atoms with Crippen LogP contribution in [0.2, 0.25) is 0 Å². The van der Waals surface area contributed by atoms with Gasteiger partial charge in [0.15, 0.2) is 5.82 Å². The van der Waals surface area contributed by atoms with Crippen LogP contribution in [-0.2, 0) is 0 Å². The standard InChI is InChI=1S/C23H22BrN5O2/c1-14-9-17(22-25-7-2-8-26-22)21(28-11-14)23(30)29-13-15-3-5-18(29)19(10-15)31-20-6-4-16(24)12-27-20/h2,4,6-9,11-12,15,18-19H,3,5,10,13H2,1H3/t15-,18+,19-/m1/s1. The van der Waals surface area contributed by atoms with Crippen molar-refractivity contribution in [2.45, 2.75) is 38.3 Å². The summed E-state index contributed by atoms with van der Waals surface area (Å²) in [4.78, 5) is 33.1. The van der Waals surface area contributed by atoms with Crippen molar-refractivity contribution in [3.8, 4) is 17.3 Å². The van der Waals surface area contributed by atoms with Crippen molar-refractivity contribution in [3.63, 3.8) is 0 Å². The van der Waals surface area contributed by atoms with Crippen LogP contribution in [0.5, 0.6) is 5.88 Å². The van der Waals surface area contributed by atoms with Gasteiger partial charge in [0.2, 0.25) is 5.88 Å². The van der Waals surface area contributed by atoms with Crippen LogP contribution >= 0.6 is 15.9 Å². The molecule has 8 heteroatoms. The molecule has 1 saturated carbocycles. The summed E-state index contributed by atoms with van der Waals surface area (Å²) < 4.78 is 7.13. The molecule has 0 spiro atoms. The van der Waals surface area contributed by atoms with Crippen LogP contribution in [0, 0.1) is 12.8 Å². The quantitative estimate of drug-likeness (QED) is 0.560. The molecule has 5 heterocycles. The zero-order valence-corrected chi connectivity index (χ0v) is 18.7. The number of piperidine rings is 2. The van der Waals surface area contributed by atoms with Gasteiger partial charge in [0.25, 0.3) is 5.91 Å². The van der Waals surface area contributed by atoms with Gasteiger partial charge < -0.3 is 9.64 Å². The van der Waals surface area contributed by atoms with Crippen LogP contribution in [0.15, 0.2) is 53.5 Å². The van der Waals surface area contributed by atoms with Crippen molar-refractivity contribution in [2.24, 2.45) is 5.92 Å². The second-order valence-corrected chi connectivity index (χ2v) is 9.07. The summed E-state index contributed by atoms with van der Waals surface area (Å²) in [7, 11) is 0. The molecule has 6 rings (SSSR count). The van der Waals surface area contributed by atoms with E-state index in [9.17, 15) is 4.79 Å². The van der Waals surface area contributed by atoms with Gasteiger partial charge in [-0.3, -0.25) is 9.78 Å². The summed E-state index contributed by atoms with van der Waals surface area (Å²) >= 11 is 3.40. The second-order valence-electron chi connectivity index (χ2n) is 8.16. The normalized spacial score (nSPS) is 22.4. The monoisotopic (exact) mass is 479 g/mol. The number of ether oxygens (including phenoxy) is 1. The van der Waals surface area contributed by atoms with Crippen molar-refractivity contribution in [3.05, 3.63) is 64.8 Å². The number of aromatic nitrogens is 4. The Morgan fingerprint density at radius 2 is 1.97 bits per heavy atom. The molecular formula is C23H22BrN5O2. The SMILES string of the molecule is Cc1cnc(C(=O)N2C[C@@H]3CC[C@H]2[C@H](Oc2ccc(Br)cn2)C3)c(-c2ncccn2)c1. The summed E-state index contributed by atoms with van der Waals surface area (Å²) in [5.74, 6) is 1.42. The van der Waals surface area contributed by atoms with E-state index in [0.29, 0.717) is 28.9 Å². The first-order chi connectivity index (χ1) is 15.1. The van der Waals surface area contributed by atoms with Gasteiger partial charge >= 0.3 is 0 Å². The van der Waals surface area contributed by atoms with Gasteiger partial charge in [0, 0.05) is 41.9 Å². The molecule has 3 aliphatic rings. The largest absolute Gasteiger partial charge is 0.472 e. The summed E-state index contributed by atoms with van der Waals surface area (Å²) in [6, 6.07) is 7.45. The number of amides is 1. The van der Waals surface area contributed by atoms with Crippen molar-refractivity contribution in [1.82, 2.24) is 24.8 Å². The number of aryl methyl sites for hydroxylation is 1. The lowest BCUT2D eigenvalue weighted by atomic mass is 9.77. The first kappa shape index (κ1) is 20.1. The predicted octanol–water partition coefficient (Wildman–Crippen LogP) is 4.08. The highest BCUT2D eigenvalue weighted by atomic mass is 79.9. The number of hydrogen-bond donors (Lipinski definition) is 0. The maximum Gasteiger partial charge on any atom is 0.273 e. The lowest BCUT2D eigenvalue weighted by molar-refractivity contribution is -0.0315. The van der Waals surface area contributed by atoms with Crippen LogP contribution in [0.1, 0.15) is 35.3 Å². The molecule has 1 amide bonds. The molecular weight excluding hydrogens is 458 g/mol. The van der Waals surface area contributed by atoms with Crippen molar-refractivity contribution in [2.75, 3.05) is 6.54 Å². The number of fused-ring (bicyclic) bond motifs is 3. The zero-order valence-electron chi connectivity index (χ0n) is 17.1. The van der Waals surface area contributed by atoms with E-state index >= 15 is 0 Å². The summed E-state index contributed by atoms with van der Waals surface area (Å²) in [6.45, 7) is 2.67. The lowest BCUT2D eigenvalue weighted by Gasteiger charge is -2.49. The fourth-order valence-corrected chi connectivity index (χ4v) is 4.80. The Morgan fingerprint density at radius 3 is 2.71 bits per heavy atom. The minimum atomic E-state index is -0.0887. The molecule has 0 radical (unpaired) electrons. The molecule has 2 aliphatic heterocycles. The van der Waals surface area contributed by atoms with E-state index in [1.54, 1.807) is 30.9 Å². The van der Waals surface area contributed by atoms with Gasteiger partial charge in [0.05, 0.1) is 11.6 Å². The number of nitrogens with zero attached hydrogens (tertiary/aromatic N) is 5. The maximum absolute atomic E-state index is 13.7. The molecule has 0 N–H and O–H groups in total. The van der Waals surface area contributed by atoms with Crippen LogP contribution < -0.4 is 4.74 Å². The minimum absolute atomic E-state index is 0.00408. The van der Waals surface area contributed by atoms with Gasteiger partial charge in [0.1, 0.15) is 11.8 Å². The van der Waals surface area contributed by atoms with E-state index in [1.165, 1.54) is 0 Å². The number of hydrogen-bond acceptors (Lipinski definition) is 6. The Labute approximate surface area is 189 Å². The molecule has 158 valence electrons. The van der Waals surface area contributed by atoms with Gasteiger partial charge in [-0.15, -0.1) is 0 Å². The van der Waals surface area contributed by atoms with Gasteiger partial charge in [-0.2, -0.15) is 0 Å². The van der Waals surface area contributed by atoms with Crippen LogP contribution in [0.3, 0.4) is 0 Å². The maximum atomic E-state index is 13.7. The summed E-state index contributed by atoms with van der Waals surface area (Å²) in [5, 5.41) is 0. The Balaban J connectivity index is 1.44. The minimum Gasteiger partial charge on any atom is -0.472 e. The summed E-state index contributed by atoms with van der Waals surface area (Å²) in [6.07, 6.45) is 9.68. The number of halogens is 1.